The van der Waals surface area contributed by atoms with E-state index in [0.717, 1.165) is 0 Å². The van der Waals surface area contributed by atoms with Crippen molar-refractivity contribution < 1.29 is 19.5 Å². The average molecular weight is 274 g/mol. The molecule has 0 spiro atoms. The number of amides is 1. The SMILES string of the molecule is CC(=O)CC(C)C(=S)N[C@@H](CCC(N)=O)C(=O)O. The third-order valence-electron chi connectivity index (χ3n) is 2.34. The van der Waals surface area contributed by atoms with Gasteiger partial charge in [-0.3, -0.25) is 4.79 Å². The second kappa shape index (κ2) is 7.75. The van der Waals surface area contributed by atoms with E-state index < -0.39 is 17.9 Å². The average Bonchev–Trinajstić information content (AvgIpc) is 2.21. The molecule has 1 amide bonds. The first kappa shape index (κ1) is 16.5. The van der Waals surface area contributed by atoms with Crippen LogP contribution >= 0.6 is 12.2 Å². The van der Waals surface area contributed by atoms with Crippen LogP contribution in [-0.4, -0.2) is 33.8 Å². The summed E-state index contributed by atoms with van der Waals surface area (Å²) in [6, 6.07) is -0.959. The molecule has 0 saturated heterocycles. The molecule has 0 aromatic carbocycles. The number of aliphatic carboxylic acids is 1. The predicted molar refractivity (Wildman–Crippen MR) is 70.0 cm³/mol. The van der Waals surface area contributed by atoms with Gasteiger partial charge in [0.15, 0.2) is 0 Å². The van der Waals surface area contributed by atoms with Gasteiger partial charge >= 0.3 is 5.97 Å². The number of carbonyl (C=O) groups is 3. The van der Waals surface area contributed by atoms with Gasteiger partial charge < -0.3 is 21.0 Å². The Hall–Kier alpha value is -1.50. The molecule has 0 aliphatic carbocycles. The fraction of sp³-hybridized carbons (Fsp3) is 0.636. The van der Waals surface area contributed by atoms with Gasteiger partial charge in [0.25, 0.3) is 0 Å². The topological polar surface area (TPSA) is 109 Å². The van der Waals surface area contributed by atoms with E-state index in [-0.39, 0.29) is 31.0 Å². The number of nitrogens with two attached hydrogens (primary N) is 1. The predicted octanol–water partition coefficient (Wildman–Crippen LogP) is 0.237. The van der Waals surface area contributed by atoms with Crippen molar-refractivity contribution >= 4 is 34.9 Å². The van der Waals surface area contributed by atoms with Crippen LogP contribution in [0.4, 0.5) is 0 Å². The summed E-state index contributed by atoms with van der Waals surface area (Å²) in [6.07, 6.45) is 0.291. The molecule has 0 fully saturated rings. The zero-order valence-electron chi connectivity index (χ0n) is 10.4. The van der Waals surface area contributed by atoms with E-state index in [1.54, 1.807) is 6.92 Å². The van der Waals surface area contributed by atoms with Crippen molar-refractivity contribution in [3.63, 3.8) is 0 Å². The Bertz CT molecular complexity index is 357. The Morgan fingerprint density at radius 1 is 1.39 bits per heavy atom. The number of hydrogen-bond acceptors (Lipinski definition) is 4. The Labute approximate surface area is 111 Å². The monoisotopic (exact) mass is 274 g/mol. The van der Waals surface area contributed by atoms with Crippen LogP contribution in [0.3, 0.4) is 0 Å². The van der Waals surface area contributed by atoms with Crippen LogP contribution in [-0.2, 0) is 14.4 Å². The molecule has 4 N–H and O–H groups in total. The van der Waals surface area contributed by atoms with Crippen molar-refractivity contribution in [2.24, 2.45) is 11.7 Å². The molecule has 0 aliphatic heterocycles. The van der Waals surface area contributed by atoms with Gasteiger partial charge in [0.1, 0.15) is 11.8 Å². The van der Waals surface area contributed by atoms with Crippen LogP contribution < -0.4 is 11.1 Å². The van der Waals surface area contributed by atoms with Crippen molar-refractivity contribution in [2.45, 2.75) is 39.2 Å². The molecular weight excluding hydrogens is 256 g/mol. The third kappa shape index (κ3) is 6.95. The third-order valence-corrected chi connectivity index (χ3v) is 2.86. The molecule has 0 aromatic heterocycles. The zero-order chi connectivity index (χ0) is 14.3. The van der Waals surface area contributed by atoms with Crippen molar-refractivity contribution in [1.29, 1.82) is 0 Å². The Morgan fingerprint density at radius 2 is 1.94 bits per heavy atom. The number of Topliss-reactive ketones (excluding diaryl/α,β-unsaturated/α-hetero) is 1. The number of hydrogen-bond donors (Lipinski definition) is 3. The minimum Gasteiger partial charge on any atom is -0.480 e. The number of primary amides is 1. The maximum atomic E-state index is 11.0. The van der Waals surface area contributed by atoms with Crippen LogP contribution in [0.2, 0.25) is 0 Å². The van der Waals surface area contributed by atoms with Crippen molar-refractivity contribution in [3.05, 3.63) is 0 Å². The second-order valence-corrected chi connectivity index (χ2v) is 4.65. The standard InChI is InChI=1S/C11H18N2O4S/c1-6(5-7(2)14)10(18)13-8(11(16)17)3-4-9(12)15/h6,8H,3-5H2,1-2H3,(H2,12,15)(H,13,18)(H,16,17)/t6?,8-/m0/s1. The number of carbonyl (C=O) groups excluding carboxylic acids is 2. The number of ketones is 1. The lowest BCUT2D eigenvalue weighted by Gasteiger charge is -2.19. The molecule has 18 heavy (non-hydrogen) atoms. The van der Waals surface area contributed by atoms with Crippen molar-refractivity contribution in [1.82, 2.24) is 5.32 Å². The minimum atomic E-state index is -1.10. The molecule has 0 rings (SSSR count). The van der Waals surface area contributed by atoms with Crippen LogP contribution in [0.25, 0.3) is 0 Å². The summed E-state index contributed by atoms with van der Waals surface area (Å²) in [7, 11) is 0. The van der Waals surface area contributed by atoms with Gasteiger partial charge in [0.2, 0.25) is 5.91 Å². The summed E-state index contributed by atoms with van der Waals surface area (Å²) in [5.41, 5.74) is 4.96. The van der Waals surface area contributed by atoms with Crippen molar-refractivity contribution in [2.75, 3.05) is 0 Å². The highest BCUT2D eigenvalue weighted by Crippen LogP contribution is 2.07. The molecule has 1 unspecified atom stereocenters. The number of carboxylic acids is 1. The second-order valence-electron chi connectivity index (χ2n) is 4.21. The van der Waals surface area contributed by atoms with E-state index in [1.807, 2.05) is 0 Å². The van der Waals surface area contributed by atoms with Crippen molar-refractivity contribution in [3.8, 4) is 0 Å². The highest BCUT2D eigenvalue weighted by Gasteiger charge is 2.21. The first-order valence-electron chi connectivity index (χ1n) is 5.55. The zero-order valence-corrected chi connectivity index (χ0v) is 11.3. The molecule has 102 valence electrons. The largest absolute Gasteiger partial charge is 0.480 e. The maximum absolute atomic E-state index is 11.0. The normalized spacial score (nSPS) is 13.4. The first-order valence-corrected chi connectivity index (χ1v) is 5.95. The minimum absolute atomic E-state index is 0.0179. The Kier molecular flexibility index (Phi) is 7.11. The maximum Gasteiger partial charge on any atom is 0.326 e. The summed E-state index contributed by atoms with van der Waals surface area (Å²) in [4.78, 5) is 32.8. The molecule has 0 radical (unpaired) electrons. The number of nitrogens with one attached hydrogen (secondary N) is 1. The highest BCUT2D eigenvalue weighted by atomic mass is 32.1. The van der Waals surface area contributed by atoms with E-state index in [1.165, 1.54) is 6.92 Å². The summed E-state index contributed by atoms with van der Waals surface area (Å²) >= 11 is 5.03. The molecule has 6 nitrogen and oxygen atoms in total. The highest BCUT2D eigenvalue weighted by molar-refractivity contribution is 7.80. The quantitative estimate of drug-likeness (QED) is 0.547. The molecule has 0 saturated carbocycles. The lowest BCUT2D eigenvalue weighted by molar-refractivity contribution is -0.139. The van der Waals surface area contributed by atoms with Gasteiger partial charge in [-0.25, -0.2) is 4.79 Å². The number of rotatable bonds is 8. The fourth-order valence-corrected chi connectivity index (χ4v) is 1.61. The number of carboxylic acid groups (broad SMARTS) is 1. The Morgan fingerprint density at radius 3 is 2.33 bits per heavy atom. The summed E-state index contributed by atoms with van der Waals surface area (Å²) in [6.45, 7) is 3.19. The molecule has 0 bridgehead atoms. The van der Waals surface area contributed by atoms with E-state index in [9.17, 15) is 14.4 Å². The van der Waals surface area contributed by atoms with Crippen LogP contribution in [0, 0.1) is 5.92 Å². The van der Waals surface area contributed by atoms with E-state index in [2.05, 4.69) is 5.32 Å². The molecular formula is C11H18N2O4S. The summed E-state index contributed by atoms with van der Waals surface area (Å²) < 4.78 is 0. The van der Waals surface area contributed by atoms with E-state index in [4.69, 9.17) is 23.1 Å². The Balaban J connectivity index is 4.40. The first-order chi connectivity index (χ1) is 8.23. The molecule has 0 aliphatic rings. The summed E-state index contributed by atoms with van der Waals surface area (Å²) in [5.74, 6) is -1.91. The van der Waals surface area contributed by atoms with Gasteiger partial charge in [-0.2, -0.15) is 0 Å². The van der Waals surface area contributed by atoms with Gasteiger partial charge in [-0.05, 0) is 13.3 Å². The summed E-state index contributed by atoms with van der Waals surface area (Å²) in [5, 5.41) is 11.6. The van der Waals surface area contributed by atoms with Gasteiger partial charge in [0, 0.05) is 18.8 Å². The lowest BCUT2D eigenvalue weighted by atomic mass is 10.0. The van der Waals surface area contributed by atoms with Gasteiger partial charge in [-0.15, -0.1) is 0 Å². The lowest BCUT2D eigenvalue weighted by Crippen LogP contribution is -2.43. The van der Waals surface area contributed by atoms with Crippen LogP contribution in [0.15, 0.2) is 0 Å². The fourth-order valence-electron chi connectivity index (χ4n) is 1.38. The number of thiocarbonyl (C=S) groups is 1. The van der Waals surface area contributed by atoms with E-state index >= 15 is 0 Å². The smallest absolute Gasteiger partial charge is 0.326 e. The van der Waals surface area contributed by atoms with Crippen LogP contribution in [0.5, 0.6) is 0 Å². The molecule has 7 heteroatoms. The van der Waals surface area contributed by atoms with Crippen LogP contribution in [0.1, 0.15) is 33.1 Å². The molecule has 2 atom stereocenters. The van der Waals surface area contributed by atoms with Gasteiger partial charge in [-0.1, -0.05) is 19.1 Å². The van der Waals surface area contributed by atoms with Gasteiger partial charge in [0.05, 0.1) is 4.99 Å². The molecule has 0 aromatic rings. The molecule has 0 heterocycles. The van der Waals surface area contributed by atoms with E-state index in [0.29, 0.717) is 4.99 Å².